The molecule has 2 aromatic heterocycles. The summed E-state index contributed by atoms with van der Waals surface area (Å²) in [5, 5.41) is 6.59. The molecular formula is C21H27Cl2N5O. The first kappa shape index (κ1) is 23.1. The molecule has 4 rings (SSSR count). The Labute approximate surface area is 183 Å². The van der Waals surface area contributed by atoms with Crippen LogP contribution in [0.15, 0.2) is 48.9 Å². The van der Waals surface area contributed by atoms with Crippen LogP contribution in [0.1, 0.15) is 48.1 Å². The van der Waals surface area contributed by atoms with E-state index in [4.69, 9.17) is 0 Å². The molecule has 8 heteroatoms. The first-order valence-corrected chi connectivity index (χ1v) is 9.52. The van der Waals surface area contributed by atoms with Gasteiger partial charge in [-0.1, -0.05) is 30.3 Å². The van der Waals surface area contributed by atoms with Crippen molar-refractivity contribution >= 4 is 41.9 Å². The lowest BCUT2D eigenvalue weighted by molar-refractivity contribution is 0.0924. The second-order valence-electron chi connectivity index (χ2n) is 7.40. The molecule has 156 valence electrons. The van der Waals surface area contributed by atoms with E-state index in [0.717, 1.165) is 30.7 Å². The summed E-state index contributed by atoms with van der Waals surface area (Å²) in [6, 6.07) is 12.6. The normalized spacial score (nSPS) is 18.7. The highest BCUT2D eigenvalue weighted by molar-refractivity contribution is 5.96. The molecule has 0 radical (unpaired) electrons. The number of aromatic nitrogens is 3. The van der Waals surface area contributed by atoms with Crippen LogP contribution in [0, 0.1) is 0 Å². The summed E-state index contributed by atoms with van der Waals surface area (Å²) in [5.74, 6) is 0.214. The largest absolute Gasteiger partial charge is 0.347 e. The van der Waals surface area contributed by atoms with E-state index in [0.29, 0.717) is 11.5 Å². The lowest BCUT2D eigenvalue weighted by Gasteiger charge is -2.33. The fourth-order valence-electron chi connectivity index (χ4n) is 3.78. The molecule has 0 bridgehead atoms. The zero-order valence-corrected chi connectivity index (χ0v) is 18.2. The van der Waals surface area contributed by atoms with Gasteiger partial charge in [0, 0.05) is 30.7 Å². The first-order valence-electron chi connectivity index (χ1n) is 9.52. The Bertz CT molecular complexity index is 945. The molecule has 3 heterocycles. The van der Waals surface area contributed by atoms with Gasteiger partial charge in [-0.25, -0.2) is 9.97 Å². The standard InChI is InChI=1S/C21H25N5O.2ClH/c1-14(2)26-13-24-18-10-16(11-23-20(18)26)21(27)25-19-12-22-9-8-17(19)15-6-4-3-5-7-15;;/h3-7,10-11,13-14,17,19,22H,8-9,12H2,1-2H3,(H,25,27);2*1H/t17-,19-;;/m0../s1. The van der Waals surface area contributed by atoms with Crippen molar-refractivity contribution in [1.82, 2.24) is 25.2 Å². The highest BCUT2D eigenvalue weighted by Crippen LogP contribution is 2.26. The predicted octanol–water partition coefficient (Wildman–Crippen LogP) is 3.73. The SMILES string of the molecule is CC(C)n1cnc2cc(C(=O)N[C@H]3CNCC[C@H]3c3ccccc3)cnc21.Cl.Cl. The summed E-state index contributed by atoms with van der Waals surface area (Å²) in [4.78, 5) is 21.7. The van der Waals surface area contributed by atoms with Crippen molar-refractivity contribution in [2.75, 3.05) is 13.1 Å². The predicted molar refractivity (Wildman–Crippen MR) is 120 cm³/mol. The first-order chi connectivity index (χ1) is 13.1. The van der Waals surface area contributed by atoms with Gasteiger partial charge in [-0.15, -0.1) is 24.8 Å². The van der Waals surface area contributed by atoms with E-state index in [-0.39, 0.29) is 42.8 Å². The number of pyridine rings is 1. The Morgan fingerprint density at radius 1 is 1.21 bits per heavy atom. The molecule has 1 fully saturated rings. The maximum Gasteiger partial charge on any atom is 0.253 e. The summed E-state index contributed by atoms with van der Waals surface area (Å²) < 4.78 is 2.01. The van der Waals surface area contributed by atoms with Crippen LogP contribution in [-0.4, -0.2) is 39.6 Å². The maximum atomic E-state index is 12.9. The number of hydrogen-bond acceptors (Lipinski definition) is 4. The molecule has 2 atom stereocenters. The molecule has 1 aromatic carbocycles. The highest BCUT2D eigenvalue weighted by atomic mass is 35.5. The Morgan fingerprint density at radius 3 is 2.69 bits per heavy atom. The number of halogens is 2. The molecule has 1 aliphatic rings. The van der Waals surface area contributed by atoms with Crippen molar-refractivity contribution < 1.29 is 4.79 Å². The minimum atomic E-state index is -0.0990. The number of carbonyl (C=O) groups excluding carboxylic acids is 1. The minimum Gasteiger partial charge on any atom is -0.347 e. The maximum absolute atomic E-state index is 12.9. The number of nitrogens with one attached hydrogen (secondary N) is 2. The zero-order valence-electron chi connectivity index (χ0n) is 16.5. The summed E-state index contributed by atoms with van der Waals surface area (Å²) in [7, 11) is 0. The van der Waals surface area contributed by atoms with Crippen LogP contribution in [0.4, 0.5) is 0 Å². The quantitative estimate of drug-likeness (QED) is 0.654. The van der Waals surface area contributed by atoms with E-state index in [1.54, 1.807) is 12.5 Å². The van der Waals surface area contributed by atoms with Crippen LogP contribution in [-0.2, 0) is 0 Å². The van der Waals surface area contributed by atoms with Gasteiger partial charge in [0.15, 0.2) is 5.65 Å². The van der Waals surface area contributed by atoms with Gasteiger partial charge in [0.1, 0.15) is 5.52 Å². The number of rotatable bonds is 4. The number of carbonyl (C=O) groups is 1. The number of nitrogens with zero attached hydrogens (tertiary/aromatic N) is 3. The monoisotopic (exact) mass is 435 g/mol. The molecule has 0 saturated carbocycles. The van der Waals surface area contributed by atoms with Gasteiger partial charge in [0.25, 0.3) is 5.91 Å². The Balaban J connectivity index is 0.00000150. The molecule has 2 N–H and O–H groups in total. The van der Waals surface area contributed by atoms with Crippen LogP contribution in [0.5, 0.6) is 0 Å². The number of amides is 1. The smallest absolute Gasteiger partial charge is 0.253 e. The molecule has 3 aromatic rings. The zero-order chi connectivity index (χ0) is 18.8. The van der Waals surface area contributed by atoms with E-state index in [1.165, 1.54) is 5.56 Å². The topological polar surface area (TPSA) is 71.8 Å². The van der Waals surface area contributed by atoms with Gasteiger partial charge in [-0.05, 0) is 38.4 Å². The molecule has 1 aliphatic heterocycles. The van der Waals surface area contributed by atoms with Gasteiger partial charge in [0.05, 0.1) is 11.9 Å². The van der Waals surface area contributed by atoms with Crippen molar-refractivity contribution in [2.45, 2.75) is 38.3 Å². The Morgan fingerprint density at radius 2 is 1.97 bits per heavy atom. The van der Waals surface area contributed by atoms with Gasteiger partial charge < -0.3 is 15.2 Å². The van der Waals surface area contributed by atoms with Crippen molar-refractivity contribution in [3.63, 3.8) is 0 Å². The number of fused-ring (bicyclic) bond motifs is 1. The summed E-state index contributed by atoms with van der Waals surface area (Å²) in [6.07, 6.45) is 4.43. The molecule has 1 saturated heterocycles. The molecular weight excluding hydrogens is 409 g/mol. The molecule has 1 amide bonds. The minimum absolute atomic E-state index is 0. The van der Waals surface area contributed by atoms with Gasteiger partial charge in [-0.3, -0.25) is 4.79 Å². The second-order valence-corrected chi connectivity index (χ2v) is 7.40. The number of hydrogen-bond donors (Lipinski definition) is 2. The van der Waals surface area contributed by atoms with E-state index >= 15 is 0 Å². The third kappa shape index (κ3) is 4.89. The van der Waals surface area contributed by atoms with Crippen LogP contribution in [0.2, 0.25) is 0 Å². The molecule has 0 aliphatic carbocycles. The van der Waals surface area contributed by atoms with Crippen LogP contribution >= 0.6 is 24.8 Å². The van der Waals surface area contributed by atoms with E-state index in [2.05, 4.69) is 58.7 Å². The van der Waals surface area contributed by atoms with Crippen molar-refractivity contribution in [1.29, 1.82) is 0 Å². The van der Waals surface area contributed by atoms with Gasteiger partial charge in [-0.2, -0.15) is 0 Å². The fraction of sp³-hybridized carbons (Fsp3) is 0.381. The van der Waals surface area contributed by atoms with E-state index in [1.807, 2.05) is 16.7 Å². The summed E-state index contributed by atoms with van der Waals surface area (Å²) in [5.41, 5.74) is 3.38. The van der Waals surface area contributed by atoms with Gasteiger partial charge in [0.2, 0.25) is 0 Å². The summed E-state index contributed by atoms with van der Waals surface area (Å²) in [6.45, 7) is 5.90. The lowest BCUT2D eigenvalue weighted by Crippen LogP contribution is -2.50. The third-order valence-electron chi connectivity index (χ3n) is 5.26. The Kier molecular flexibility index (Phi) is 8.02. The third-order valence-corrected chi connectivity index (χ3v) is 5.26. The molecule has 0 spiro atoms. The van der Waals surface area contributed by atoms with Crippen LogP contribution in [0.25, 0.3) is 11.2 Å². The number of imidazole rings is 1. The van der Waals surface area contributed by atoms with Gasteiger partial charge >= 0.3 is 0 Å². The van der Waals surface area contributed by atoms with Crippen molar-refractivity contribution in [2.24, 2.45) is 0 Å². The fourth-order valence-corrected chi connectivity index (χ4v) is 3.78. The molecule has 6 nitrogen and oxygen atoms in total. The van der Waals surface area contributed by atoms with Crippen LogP contribution < -0.4 is 10.6 Å². The van der Waals surface area contributed by atoms with E-state index in [9.17, 15) is 4.79 Å². The number of piperidine rings is 1. The number of benzene rings is 1. The Hall–Kier alpha value is -2.15. The van der Waals surface area contributed by atoms with E-state index < -0.39 is 0 Å². The second kappa shape index (κ2) is 10.1. The molecule has 0 unspecified atom stereocenters. The summed E-state index contributed by atoms with van der Waals surface area (Å²) >= 11 is 0. The highest BCUT2D eigenvalue weighted by Gasteiger charge is 2.28. The van der Waals surface area contributed by atoms with Crippen molar-refractivity contribution in [3.05, 3.63) is 60.0 Å². The van der Waals surface area contributed by atoms with Crippen LogP contribution in [0.3, 0.4) is 0 Å². The molecule has 29 heavy (non-hydrogen) atoms. The average Bonchev–Trinajstić information content (AvgIpc) is 3.12. The lowest BCUT2D eigenvalue weighted by atomic mass is 9.86. The average molecular weight is 436 g/mol. The van der Waals surface area contributed by atoms with Crippen molar-refractivity contribution in [3.8, 4) is 0 Å².